The molecule has 1 aliphatic rings. The molecule has 1 saturated carbocycles. The second kappa shape index (κ2) is 7.55. The maximum absolute atomic E-state index is 12.0. The fourth-order valence-electron chi connectivity index (χ4n) is 2.61. The van der Waals surface area contributed by atoms with E-state index in [2.05, 4.69) is 16.9 Å². The summed E-state index contributed by atoms with van der Waals surface area (Å²) >= 11 is 1.89. The topological polar surface area (TPSA) is 50.4 Å². The van der Waals surface area contributed by atoms with E-state index in [-0.39, 0.29) is 5.91 Å². The molecule has 0 spiro atoms. The average Bonchev–Trinajstić information content (AvgIpc) is 2.93. The van der Waals surface area contributed by atoms with Crippen LogP contribution in [0.1, 0.15) is 19.3 Å². The number of benzene rings is 1. The molecule has 0 aliphatic heterocycles. The van der Waals surface area contributed by atoms with E-state index in [1.807, 2.05) is 36.0 Å². The van der Waals surface area contributed by atoms with Gasteiger partial charge in [0.1, 0.15) is 5.75 Å². The predicted molar refractivity (Wildman–Crippen MR) is 84.6 cm³/mol. The number of ether oxygens (including phenoxy) is 1. The molecule has 0 radical (unpaired) electrons. The van der Waals surface area contributed by atoms with Crippen LogP contribution in [0.3, 0.4) is 0 Å². The zero-order valence-electron chi connectivity index (χ0n) is 12.0. The first-order valence-corrected chi connectivity index (χ1v) is 8.22. The lowest BCUT2D eigenvalue weighted by Crippen LogP contribution is -2.39. The first-order valence-electron chi connectivity index (χ1n) is 6.93. The highest BCUT2D eigenvalue weighted by Gasteiger charge is 2.26. The molecule has 2 rings (SSSR count). The molecule has 2 N–H and O–H groups in total. The third-order valence-corrected chi connectivity index (χ3v) is 4.83. The number of nitrogens with one attached hydrogen (secondary N) is 2. The van der Waals surface area contributed by atoms with Crippen molar-refractivity contribution in [3.05, 3.63) is 24.3 Å². The van der Waals surface area contributed by atoms with Gasteiger partial charge < -0.3 is 15.4 Å². The van der Waals surface area contributed by atoms with Gasteiger partial charge in [-0.3, -0.25) is 4.79 Å². The number of hydrogen-bond acceptors (Lipinski definition) is 4. The Balaban J connectivity index is 1.83. The monoisotopic (exact) mass is 294 g/mol. The fourth-order valence-corrected chi connectivity index (χ4v) is 3.57. The second-order valence-corrected chi connectivity index (χ2v) is 6.02. The van der Waals surface area contributed by atoms with Gasteiger partial charge in [0.15, 0.2) is 0 Å². The molecule has 1 aromatic rings. The molecule has 20 heavy (non-hydrogen) atoms. The van der Waals surface area contributed by atoms with Crippen molar-refractivity contribution in [2.24, 2.45) is 0 Å². The first kappa shape index (κ1) is 15.2. The number of carbonyl (C=O) groups excluding carboxylic acids is 1. The minimum Gasteiger partial charge on any atom is -0.495 e. The standard InChI is InChI=1S/C15H22N2O2S/c1-19-13-8-4-3-6-11(13)17-15(18)10-16-12-7-5-9-14(12)20-2/h3-4,6,8,12,14,16H,5,7,9-10H2,1-2H3,(H,17,18). The molecular weight excluding hydrogens is 272 g/mol. The van der Waals surface area contributed by atoms with Crippen molar-refractivity contribution < 1.29 is 9.53 Å². The average molecular weight is 294 g/mol. The highest BCUT2D eigenvalue weighted by Crippen LogP contribution is 2.28. The van der Waals surface area contributed by atoms with E-state index in [0.29, 0.717) is 23.6 Å². The van der Waals surface area contributed by atoms with E-state index >= 15 is 0 Å². The molecule has 0 heterocycles. The summed E-state index contributed by atoms with van der Waals surface area (Å²) < 4.78 is 5.22. The summed E-state index contributed by atoms with van der Waals surface area (Å²) in [4.78, 5) is 12.0. The Hall–Kier alpha value is -1.20. The number of thioether (sulfide) groups is 1. The van der Waals surface area contributed by atoms with Gasteiger partial charge in [-0.05, 0) is 31.2 Å². The number of carbonyl (C=O) groups is 1. The number of para-hydroxylation sites is 2. The molecule has 110 valence electrons. The summed E-state index contributed by atoms with van der Waals surface area (Å²) in [6.07, 6.45) is 5.79. The normalized spacial score (nSPS) is 21.7. The van der Waals surface area contributed by atoms with Gasteiger partial charge in [0.05, 0.1) is 19.3 Å². The summed E-state index contributed by atoms with van der Waals surface area (Å²) in [6, 6.07) is 7.90. The van der Waals surface area contributed by atoms with Crippen molar-refractivity contribution in [1.29, 1.82) is 0 Å². The lowest BCUT2D eigenvalue weighted by Gasteiger charge is -2.19. The Morgan fingerprint density at radius 1 is 1.40 bits per heavy atom. The third-order valence-electron chi connectivity index (χ3n) is 3.66. The SMILES string of the molecule is COc1ccccc1NC(=O)CNC1CCCC1SC. The number of rotatable bonds is 6. The minimum atomic E-state index is -0.0266. The molecule has 2 atom stereocenters. The van der Waals surface area contributed by atoms with E-state index < -0.39 is 0 Å². The van der Waals surface area contributed by atoms with Gasteiger partial charge in [0, 0.05) is 11.3 Å². The predicted octanol–water partition coefficient (Wildman–Crippen LogP) is 2.51. The van der Waals surface area contributed by atoms with E-state index in [0.717, 1.165) is 12.1 Å². The van der Waals surface area contributed by atoms with Crippen LogP contribution in [0.2, 0.25) is 0 Å². The summed E-state index contributed by atoms with van der Waals surface area (Å²) in [6.45, 7) is 0.347. The van der Waals surface area contributed by atoms with Gasteiger partial charge in [-0.1, -0.05) is 18.6 Å². The molecular formula is C15H22N2O2S. The minimum absolute atomic E-state index is 0.0266. The Kier molecular flexibility index (Phi) is 5.73. The van der Waals surface area contributed by atoms with Crippen molar-refractivity contribution in [3.8, 4) is 5.75 Å². The zero-order valence-corrected chi connectivity index (χ0v) is 12.8. The zero-order chi connectivity index (χ0) is 14.4. The number of hydrogen-bond donors (Lipinski definition) is 2. The maximum atomic E-state index is 12.0. The van der Waals surface area contributed by atoms with E-state index in [1.54, 1.807) is 7.11 Å². The van der Waals surface area contributed by atoms with Crippen molar-refractivity contribution in [2.75, 3.05) is 25.2 Å². The van der Waals surface area contributed by atoms with Gasteiger partial charge in [-0.25, -0.2) is 0 Å². The van der Waals surface area contributed by atoms with Crippen molar-refractivity contribution >= 4 is 23.4 Å². The fraction of sp³-hybridized carbons (Fsp3) is 0.533. The van der Waals surface area contributed by atoms with Crippen LogP contribution in [0.4, 0.5) is 5.69 Å². The first-order chi connectivity index (χ1) is 9.74. The number of methoxy groups -OCH3 is 1. The van der Waals surface area contributed by atoms with Gasteiger partial charge >= 0.3 is 0 Å². The van der Waals surface area contributed by atoms with E-state index in [9.17, 15) is 4.79 Å². The molecule has 5 heteroatoms. The van der Waals surface area contributed by atoms with Crippen LogP contribution in [0.15, 0.2) is 24.3 Å². The summed E-state index contributed by atoms with van der Waals surface area (Å²) in [5.41, 5.74) is 0.717. The Morgan fingerprint density at radius 3 is 2.95 bits per heavy atom. The Morgan fingerprint density at radius 2 is 2.20 bits per heavy atom. The van der Waals surface area contributed by atoms with Gasteiger partial charge in [0.2, 0.25) is 5.91 Å². The lowest BCUT2D eigenvalue weighted by atomic mass is 10.2. The highest BCUT2D eigenvalue weighted by atomic mass is 32.2. The van der Waals surface area contributed by atoms with E-state index in [1.165, 1.54) is 12.8 Å². The van der Waals surface area contributed by atoms with Crippen LogP contribution >= 0.6 is 11.8 Å². The van der Waals surface area contributed by atoms with Crippen LogP contribution in [0.25, 0.3) is 0 Å². The lowest BCUT2D eigenvalue weighted by molar-refractivity contribution is -0.115. The van der Waals surface area contributed by atoms with Crippen molar-refractivity contribution in [3.63, 3.8) is 0 Å². The Labute approximate surface area is 124 Å². The molecule has 1 aliphatic carbocycles. The largest absolute Gasteiger partial charge is 0.495 e. The molecule has 1 aromatic carbocycles. The molecule has 0 bridgehead atoms. The summed E-state index contributed by atoms with van der Waals surface area (Å²) in [5.74, 6) is 0.657. The maximum Gasteiger partial charge on any atom is 0.238 e. The van der Waals surface area contributed by atoms with Crippen LogP contribution in [0.5, 0.6) is 5.75 Å². The Bertz CT molecular complexity index is 453. The van der Waals surface area contributed by atoms with Crippen molar-refractivity contribution in [2.45, 2.75) is 30.6 Å². The number of anilines is 1. The third kappa shape index (κ3) is 3.90. The van der Waals surface area contributed by atoms with Gasteiger partial charge in [-0.2, -0.15) is 11.8 Å². The molecule has 0 saturated heterocycles. The molecule has 0 aromatic heterocycles. The quantitative estimate of drug-likeness (QED) is 0.846. The van der Waals surface area contributed by atoms with E-state index in [4.69, 9.17) is 4.74 Å². The highest BCUT2D eigenvalue weighted by molar-refractivity contribution is 7.99. The van der Waals surface area contributed by atoms with Crippen LogP contribution in [-0.2, 0) is 4.79 Å². The van der Waals surface area contributed by atoms with Crippen molar-refractivity contribution in [1.82, 2.24) is 5.32 Å². The van der Waals surface area contributed by atoms with Crippen LogP contribution < -0.4 is 15.4 Å². The molecule has 1 amide bonds. The van der Waals surface area contributed by atoms with Gasteiger partial charge in [0.25, 0.3) is 0 Å². The number of amides is 1. The molecule has 2 unspecified atom stereocenters. The summed E-state index contributed by atoms with van der Waals surface area (Å²) in [7, 11) is 1.60. The van der Waals surface area contributed by atoms with Crippen LogP contribution in [-0.4, -0.2) is 37.1 Å². The van der Waals surface area contributed by atoms with Gasteiger partial charge in [-0.15, -0.1) is 0 Å². The van der Waals surface area contributed by atoms with Crippen LogP contribution in [0, 0.1) is 0 Å². The second-order valence-electron chi connectivity index (χ2n) is 4.94. The molecule has 4 nitrogen and oxygen atoms in total. The smallest absolute Gasteiger partial charge is 0.238 e. The molecule has 1 fully saturated rings. The summed E-state index contributed by atoms with van der Waals surface area (Å²) in [5, 5.41) is 6.88.